The van der Waals surface area contributed by atoms with E-state index in [2.05, 4.69) is 43.2 Å². The van der Waals surface area contributed by atoms with Gasteiger partial charge in [0.15, 0.2) is 0 Å². The van der Waals surface area contributed by atoms with E-state index in [0.29, 0.717) is 29.3 Å². The number of nitriles is 1. The average Bonchev–Trinajstić information content (AvgIpc) is 2.85. The first kappa shape index (κ1) is 15.8. The maximum absolute atomic E-state index is 9.27. The largest absolute Gasteiger partial charge is 0.495 e. The van der Waals surface area contributed by atoms with Crippen LogP contribution in [-0.2, 0) is 0 Å². The summed E-state index contributed by atoms with van der Waals surface area (Å²) in [4.78, 5) is 2.38. The van der Waals surface area contributed by atoms with E-state index in [0.717, 1.165) is 13.1 Å². The molecule has 2 atom stereocenters. The summed E-state index contributed by atoms with van der Waals surface area (Å²) in [6.07, 6.45) is 1.19. The van der Waals surface area contributed by atoms with Gasteiger partial charge in [0.05, 0.1) is 12.7 Å². The summed E-state index contributed by atoms with van der Waals surface area (Å²) in [7, 11) is 3.77. The van der Waals surface area contributed by atoms with Gasteiger partial charge < -0.3 is 10.1 Å². The quantitative estimate of drug-likeness (QED) is 0.904. The van der Waals surface area contributed by atoms with Gasteiger partial charge in [-0.2, -0.15) is 5.26 Å². The number of nitrogens with one attached hydrogen (secondary N) is 1. The molecule has 1 fully saturated rings. The van der Waals surface area contributed by atoms with Crippen molar-refractivity contribution in [3.05, 3.63) is 29.3 Å². The van der Waals surface area contributed by atoms with Gasteiger partial charge in [-0.05, 0) is 43.6 Å². The molecule has 1 aliphatic rings. The second-order valence-electron chi connectivity index (χ2n) is 6.11. The summed E-state index contributed by atoms with van der Waals surface area (Å²) in [5.41, 5.74) is 1.83. The molecule has 0 amide bonds. The van der Waals surface area contributed by atoms with Gasteiger partial charge in [0.1, 0.15) is 11.8 Å². The minimum Gasteiger partial charge on any atom is -0.495 e. The van der Waals surface area contributed by atoms with Gasteiger partial charge in [0, 0.05) is 18.6 Å². The van der Waals surface area contributed by atoms with Crippen LogP contribution < -0.4 is 10.1 Å². The highest BCUT2D eigenvalue weighted by Crippen LogP contribution is 2.37. The van der Waals surface area contributed by atoms with E-state index in [1.165, 1.54) is 12.0 Å². The maximum atomic E-state index is 9.27. The number of likely N-dealkylation sites (tertiary alicyclic amines) is 1. The monoisotopic (exact) mass is 287 g/mol. The highest BCUT2D eigenvalue weighted by molar-refractivity contribution is 5.46. The lowest BCUT2D eigenvalue weighted by Crippen LogP contribution is -2.32. The first-order valence-electron chi connectivity index (χ1n) is 7.58. The molecule has 0 aliphatic carbocycles. The molecule has 2 rings (SSSR count). The smallest absolute Gasteiger partial charge is 0.136 e. The topological polar surface area (TPSA) is 48.3 Å². The Bertz CT molecular complexity index is 521. The first-order valence-corrected chi connectivity index (χ1v) is 7.58. The van der Waals surface area contributed by atoms with E-state index in [9.17, 15) is 5.26 Å². The zero-order valence-electron chi connectivity index (χ0n) is 13.4. The molecule has 0 radical (unpaired) electrons. The van der Waals surface area contributed by atoms with E-state index in [1.807, 2.05) is 12.1 Å². The van der Waals surface area contributed by atoms with Crippen molar-refractivity contribution in [3.8, 4) is 11.8 Å². The van der Waals surface area contributed by atoms with Crippen molar-refractivity contribution in [1.29, 1.82) is 5.26 Å². The molecule has 1 aliphatic heterocycles. The van der Waals surface area contributed by atoms with Crippen molar-refractivity contribution >= 4 is 0 Å². The second-order valence-corrected chi connectivity index (χ2v) is 6.11. The third kappa shape index (κ3) is 3.55. The van der Waals surface area contributed by atoms with Crippen LogP contribution >= 0.6 is 0 Å². The summed E-state index contributed by atoms with van der Waals surface area (Å²) in [6, 6.07) is 9.08. The third-order valence-electron chi connectivity index (χ3n) is 4.25. The van der Waals surface area contributed by atoms with E-state index in [4.69, 9.17) is 4.74 Å². The highest BCUT2D eigenvalue weighted by atomic mass is 16.5. The molecule has 1 saturated heterocycles. The molecule has 0 bridgehead atoms. The van der Waals surface area contributed by atoms with Crippen LogP contribution in [0.4, 0.5) is 0 Å². The summed E-state index contributed by atoms with van der Waals surface area (Å²) in [5, 5.41) is 12.8. The number of rotatable bonds is 5. The molecule has 0 aromatic heterocycles. The molecule has 4 heteroatoms. The van der Waals surface area contributed by atoms with Crippen molar-refractivity contribution in [2.45, 2.75) is 32.4 Å². The molecular formula is C17H25N3O. The number of benzene rings is 1. The standard InChI is InChI=1S/C17H25N3O/c1-12(2)19-11-14-7-8-20(3)17(14)13-5-6-16(21-4)15(9-13)10-18/h5-6,9,12,14,17,19H,7-8,11H2,1-4H3. The van der Waals surface area contributed by atoms with E-state index >= 15 is 0 Å². The van der Waals surface area contributed by atoms with Gasteiger partial charge in [-0.25, -0.2) is 0 Å². The Balaban J connectivity index is 2.23. The Morgan fingerprint density at radius 3 is 2.86 bits per heavy atom. The van der Waals surface area contributed by atoms with Gasteiger partial charge in [0.2, 0.25) is 0 Å². The molecule has 114 valence electrons. The molecule has 0 saturated carbocycles. The zero-order valence-corrected chi connectivity index (χ0v) is 13.4. The third-order valence-corrected chi connectivity index (χ3v) is 4.25. The summed E-state index contributed by atoms with van der Waals surface area (Å²) in [6.45, 7) is 6.47. The van der Waals surface area contributed by atoms with Crippen LogP contribution in [0.2, 0.25) is 0 Å². The fraction of sp³-hybridized carbons (Fsp3) is 0.588. The Morgan fingerprint density at radius 1 is 1.48 bits per heavy atom. The summed E-state index contributed by atoms with van der Waals surface area (Å²) >= 11 is 0. The summed E-state index contributed by atoms with van der Waals surface area (Å²) < 4.78 is 5.24. The number of hydrogen-bond donors (Lipinski definition) is 1. The van der Waals surface area contributed by atoms with Gasteiger partial charge >= 0.3 is 0 Å². The zero-order chi connectivity index (χ0) is 15.4. The molecular weight excluding hydrogens is 262 g/mol. The summed E-state index contributed by atoms with van der Waals surface area (Å²) in [5.74, 6) is 1.23. The molecule has 0 spiro atoms. The van der Waals surface area contributed by atoms with E-state index < -0.39 is 0 Å². The Labute approximate surface area is 127 Å². The number of nitrogens with zero attached hydrogens (tertiary/aromatic N) is 2. The molecule has 1 N–H and O–H groups in total. The van der Waals surface area contributed by atoms with Crippen molar-refractivity contribution in [2.24, 2.45) is 5.92 Å². The van der Waals surface area contributed by atoms with Crippen LogP contribution in [-0.4, -0.2) is 38.2 Å². The minimum absolute atomic E-state index is 0.370. The number of methoxy groups -OCH3 is 1. The lowest BCUT2D eigenvalue weighted by molar-refractivity contribution is 0.269. The van der Waals surface area contributed by atoms with Crippen molar-refractivity contribution < 1.29 is 4.74 Å². The molecule has 1 aromatic rings. The second kappa shape index (κ2) is 6.93. The maximum Gasteiger partial charge on any atom is 0.136 e. The lowest BCUT2D eigenvalue weighted by Gasteiger charge is -2.27. The SMILES string of the molecule is COc1ccc(C2C(CNC(C)C)CCN2C)cc1C#N. The van der Waals surface area contributed by atoms with E-state index in [-0.39, 0.29) is 0 Å². The molecule has 4 nitrogen and oxygen atoms in total. The Hall–Kier alpha value is -1.57. The minimum atomic E-state index is 0.370. The number of ether oxygens (including phenoxy) is 1. The number of hydrogen-bond acceptors (Lipinski definition) is 4. The van der Waals surface area contributed by atoms with Gasteiger partial charge in [-0.3, -0.25) is 4.90 Å². The van der Waals surface area contributed by atoms with Crippen molar-refractivity contribution in [1.82, 2.24) is 10.2 Å². The van der Waals surface area contributed by atoms with Crippen LogP contribution in [0.1, 0.15) is 37.4 Å². The predicted molar refractivity (Wildman–Crippen MR) is 84.3 cm³/mol. The van der Waals surface area contributed by atoms with Crippen molar-refractivity contribution in [3.63, 3.8) is 0 Å². The normalized spacial score (nSPS) is 22.5. The van der Waals surface area contributed by atoms with Crippen LogP contribution in [0.3, 0.4) is 0 Å². The van der Waals surface area contributed by atoms with Crippen LogP contribution in [0.15, 0.2) is 18.2 Å². The fourth-order valence-electron chi connectivity index (χ4n) is 3.15. The molecule has 2 unspecified atom stereocenters. The molecule has 1 aromatic carbocycles. The van der Waals surface area contributed by atoms with Crippen LogP contribution in [0.5, 0.6) is 5.75 Å². The first-order chi connectivity index (χ1) is 10.1. The van der Waals surface area contributed by atoms with Gasteiger partial charge in [0.25, 0.3) is 0 Å². The van der Waals surface area contributed by atoms with E-state index in [1.54, 1.807) is 7.11 Å². The molecule has 21 heavy (non-hydrogen) atoms. The molecule has 1 heterocycles. The fourth-order valence-corrected chi connectivity index (χ4v) is 3.15. The van der Waals surface area contributed by atoms with Crippen LogP contribution in [0, 0.1) is 17.2 Å². The highest BCUT2D eigenvalue weighted by Gasteiger charge is 2.33. The Morgan fingerprint density at radius 2 is 2.24 bits per heavy atom. The lowest BCUT2D eigenvalue weighted by atomic mass is 9.92. The van der Waals surface area contributed by atoms with Crippen molar-refractivity contribution in [2.75, 3.05) is 27.2 Å². The van der Waals surface area contributed by atoms with Crippen LogP contribution in [0.25, 0.3) is 0 Å². The Kier molecular flexibility index (Phi) is 5.22. The average molecular weight is 287 g/mol. The van der Waals surface area contributed by atoms with Gasteiger partial charge in [-0.15, -0.1) is 0 Å². The predicted octanol–water partition coefficient (Wildman–Crippen LogP) is 2.56. The van der Waals surface area contributed by atoms with Gasteiger partial charge in [-0.1, -0.05) is 19.9 Å².